The van der Waals surface area contributed by atoms with E-state index in [4.69, 9.17) is 0 Å². The molecule has 0 spiro atoms. The summed E-state index contributed by atoms with van der Waals surface area (Å²) < 4.78 is 27.3. The molecule has 0 aliphatic heterocycles. The molecule has 0 aromatic heterocycles. The lowest BCUT2D eigenvalue weighted by molar-refractivity contribution is 0.104. The summed E-state index contributed by atoms with van der Waals surface area (Å²) in [6.07, 6.45) is 1.25. The minimum atomic E-state index is -0.765. The molecule has 0 fully saturated rings. The second kappa shape index (κ2) is 7.04. The lowest BCUT2D eigenvalue weighted by atomic mass is 10.1. The third-order valence-corrected chi connectivity index (χ3v) is 3.79. The first-order valence-electron chi connectivity index (χ1n) is 6.99. The first-order valence-corrected chi connectivity index (χ1v) is 7.78. The number of carbonyl (C=O) groups excluding carboxylic acids is 1. The number of hydrogen-bond acceptors (Lipinski definition) is 2. The molecule has 0 atom stereocenters. The minimum absolute atomic E-state index is 0.0133. The fourth-order valence-corrected chi connectivity index (χ4v) is 2.61. The van der Waals surface area contributed by atoms with Gasteiger partial charge >= 0.3 is 0 Å². The Morgan fingerprint density at radius 2 is 1.65 bits per heavy atom. The van der Waals surface area contributed by atoms with Crippen LogP contribution in [-0.2, 0) is 0 Å². The summed E-state index contributed by atoms with van der Waals surface area (Å²) >= 11 is 2.88. The SMILES string of the molecule is C/C(=C\C(=O)c1cc(F)c(Br)cc1F)Nc1cc(C)cc(C)c1. The van der Waals surface area contributed by atoms with Crippen LogP contribution in [0.5, 0.6) is 0 Å². The highest BCUT2D eigenvalue weighted by Gasteiger charge is 2.14. The molecule has 0 aliphatic carbocycles. The molecule has 2 nitrogen and oxygen atoms in total. The van der Waals surface area contributed by atoms with Crippen LogP contribution < -0.4 is 5.32 Å². The van der Waals surface area contributed by atoms with E-state index < -0.39 is 17.4 Å². The Labute approximate surface area is 142 Å². The fourth-order valence-electron chi connectivity index (χ4n) is 2.30. The molecule has 0 unspecified atom stereocenters. The highest BCUT2D eigenvalue weighted by Crippen LogP contribution is 2.21. The highest BCUT2D eigenvalue weighted by molar-refractivity contribution is 9.10. The summed E-state index contributed by atoms with van der Waals surface area (Å²) in [4.78, 5) is 12.1. The maximum atomic E-state index is 13.8. The Kier molecular flexibility index (Phi) is 5.31. The normalized spacial score (nSPS) is 11.5. The van der Waals surface area contributed by atoms with Gasteiger partial charge < -0.3 is 5.32 Å². The third-order valence-electron chi connectivity index (χ3n) is 3.19. The van der Waals surface area contributed by atoms with Gasteiger partial charge in [0.25, 0.3) is 0 Å². The minimum Gasteiger partial charge on any atom is -0.359 e. The third kappa shape index (κ3) is 4.48. The molecule has 5 heteroatoms. The van der Waals surface area contributed by atoms with E-state index in [0.29, 0.717) is 5.70 Å². The van der Waals surface area contributed by atoms with Crippen LogP contribution in [0.1, 0.15) is 28.4 Å². The van der Waals surface area contributed by atoms with Gasteiger partial charge in [0, 0.05) is 17.5 Å². The molecule has 0 saturated heterocycles. The van der Waals surface area contributed by atoms with Gasteiger partial charge in [-0.1, -0.05) is 6.07 Å². The Balaban J connectivity index is 2.23. The number of ketones is 1. The smallest absolute Gasteiger partial charge is 0.190 e. The van der Waals surface area contributed by atoms with Crippen LogP contribution in [0.3, 0.4) is 0 Å². The van der Waals surface area contributed by atoms with Gasteiger partial charge in [0.1, 0.15) is 11.6 Å². The summed E-state index contributed by atoms with van der Waals surface area (Å²) in [6, 6.07) is 7.75. The van der Waals surface area contributed by atoms with Gasteiger partial charge in [0.15, 0.2) is 5.78 Å². The van der Waals surface area contributed by atoms with Gasteiger partial charge in [0.05, 0.1) is 10.0 Å². The lowest BCUT2D eigenvalue weighted by Gasteiger charge is -2.09. The van der Waals surface area contributed by atoms with Crippen LogP contribution in [-0.4, -0.2) is 5.78 Å². The molecule has 0 aliphatic rings. The standard InChI is InChI=1S/C18H16BrF2NO/c1-10-4-11(2)6-13(5-10)22-12(3)7-18(23)14-8-17(21)15(19)9-16(14)20/h4-9,22H,1-3H3/b12-7+. The Morgan fingerprint density at radius 1 is 1.04 bits per heavy atom. The largest absolute Gasteiger partial charge is 0.359 e. The fraction of sp³-hybridized carbons (Fsp3) is 0.167. The molecule has 120 valence electrons. The van der Waals surface area contributed by atoms with Gasteiger partial charge in [-0.3, -0.25) is 4.79 Å². The Bertz CT molecular complexity index is 780. The van der Waals surface area contributed by atoms with Crippen molar-refractivity contribution in [3.63, 3.8) is 0 Å². The van der Waals surface area contributed by atoms with Crippen molar-refractivity contribution < 1.29 is 13.6 Å². The van der Waals surface area contributed by atoms with Crippen molar-refractivity contribution in [3.05, 3.63) is 74.9 Å². The number of halogens is 3. The number of aryl methyl sites for hydroxylation is 2. The van der Waals surface area contributed by atoms with Crippen LogP contribution in [0.2, 0.25) is 0 Å². The quantitative estimate of drug-likeness (QED) is 0.429. The molecule has 2 aromatic rings. The highest BCUT2D eigenvalue weighted by atomic mass is 79.9. The molecule has 0 saturated carbocycles. The monoisotopic (exact) mass is 379 g/mol. The Morgan fingerprint density at radius 3 is 2.26 bits per heavy atom. The van der Waals surface area contributed by atoms with Crippen molar-refractivity contribution in [2.24, 2.45) is 0 Å². The number of nitrogens with one attached hydrogen (secondary N) is 1. The number of hydrogen-bond donors (Lipinski definition) is 1. The maximum absolute atomic E-state index is 13.8. The summed E-state index contributed by atoms with van der Waals surface area (Å²) in [5.74, 6) is -2.04. The molecule has 1 N–H and O–H groups in total. The zero-order chi connectivity index (χ0) is 17.1. The van der Waals surface area contributed by atoms with Gasteiger partial charge in [-0.05, 0) is 72.1 Å². The van der Waals surface area contributed by atoms with Crippen LogP contribution in [0.15, 0.2) is 46.6 Å². The summed E-state index contributed by atoms with van der Waals surface area (Å²) in [7, 11) is 0. The van der Waals surface area contributed by atoms with Crippen molar-refractivity contribution in [2.45, 2.75) is 20.8 Å². The second-order valence-corrected chi connectivity index (χ2v) is 6.29. The summed E-state index contributed by atoms with van der Waals surface area (Å²) in [5.41, 5.74) is 3.27. The van der Waals surface area contributed by atoms with Crippen LogP contribution in [0.4, 0.5) is 14.5 Å². The van der Waals surface area contributed by atoms with Gasteiger partial charge in [-0.15, -0.1) is 0 Å². The van der Waals surface area contributed by atoms with Crippen molar-refractivity contribution in [1.82, 2.24) is 0 Å². The van der Waals surface area contributed by atoms with E-state index in [0.717, 1.165) is 28.9 Å². The number of anilines is 1. The molecule has 0 amide bonds. The van der Waals surface area contributed by atoms with E-state index in [-0.39, 0.29) is 10.0 Å². The topological polar surface area (TPSA) is 29.1 Å². The first kappa shape index (κ1) is 17.3. The molecular weight excluding hydrogens is 364 g/mol. The van der Waals surface area contributed by atoms with E-state index in [1.165, 1.54) is 6.08 Å². The Hall–Kier alpha value is -2.01. The zero-order valence-corrected chi connectivity index (χ0v) is 14.6. The molecule has 2 rings (SSSR count). The van der Waals surface area contributed by atoms with E-state index in [2.05, 4.69) is 21.2 Å². The first-order chi connectivity index (χ1) is 10.8. The zero-order valence-electron chi connectivity index (χ0n) is 13.0. The number of rotatable bonds is 4. The van der Waals surface area contributed by atoms with Crippen molar-refractivity contribution in [2.75, 3.05) is 5.32 Å². The summed E-state index contributed by atoms with van der Waals surface area (Å²) in [5, 5.41) is 3.08. The molecular formula is C18H16BrF2NO. The van der Waals surface area contributed by atoms with Crippen LogP contribution >= 0.6 is 15.9 Å². The number of benzene rings is 2. The molecule has 23 heavy (non-hydrogen) atoms. The van der Waals surface area contributed by atoms with Crippen molar-refractivity contribution in [1.29, 1.82) is 0 Å². The molecule has 0 bridgehead atoms. The number of allylic oxidation sites excluding steroid dienone is 2. The van der Waals surface area contributed by atoms with E-state index in [9.17, 15) is 13.6 Å². The predicted octanol–water partition coefficient (Wildman–Crippen LogP) is 5.54. The van der Waals surface area contributed by atoms with Crippen LogP contribution in [0.25, 0.3) is 0 Å². The number of carbonyl (C=O) groups is 1. The molecule has 2 aromatic carbocycles. The van der Waals surface area contributed by atoms with Gasteiger partial charge in [-0.2, -0.15) is 0 Å². The second-order valence-electron chi connectivity index (χ2n) is 5.44. The maximum Gasteiger partial charge on any atom is 0.190 e. The lowest BCUT2D eigenvalue weighted by Crippen LogP contribution is -2.04. The molecule has 0 heterocycles. The van der Waals surface area contributed by atoms with E-state index in [1.807, 2.05) is 32.0 Å². The average Bonchev–Trinajstić information content (AvgIpc) is 2.41. The van der Waals surface area contributed by atoms with E-state index in [1.54, 1.807) is 6.92 Å². The average molecular weight is 380 g/mol. The van der Waals surface area contributed by atoms with Gasteiger partial charge in [-0.25, -0.2) is 8.78 Å². The van der Waals surface area contributed by atoms with E-state index >= 15 is 0 Å². The van der Waals surface area contributed by atoms with Crippen molar-refractivity contribution in [3.8, 4) is 0 Å². The van der Waals surface area contributed by atoms with Crippen LogP contribution in [0, 0.1) is 25.5 Å². The predicted molar refractivity (Wildman–Crippen MR) is 91.7 cm³/mol. The summed E-state index contributed by atoms with van der Waals surface area (Å²) in [6.45, 7) is 5.65. The van der Waals surface area contributed by atoms with Gasteiger partial charge in [0.2, 0.25) is 0 Å². The molecule has 0 radical (unpaired) electrons. The van der Waals surface area contributed by atoms with Crippen molar-refractivity contribution >= 4 is 27.4 Å².